The topological polar surface area (TPSA) is 83.5 Å². The first-order valence-corrected chi connectivity index (χ1v) is 6.00. The van der Waals surface area contributed by atoms with Crippen LogP contribution in [0.15, 0.2) is 18.2 Å². The van der Waals surface area contributed by atoms with E-state index in [0.29, 0.717) is 0 Å². The molecule has 0 radical (unpaired) electrons. The minimum absolute atomic E-state index is 0.0867. The maximum Gasteiger partial charge on any atom is 0.229 e. The lowest BCUT2D eigenvalue weighted by atomic mass is 10.1. The Hall–Kier alpha value is -1.56. The fourth-order valence-corrected chi connectivity index (χ4v) is 1.65. The number of ketones is 1. The van der Waals surface area contributed by atoms with Crippen molar-refractivity contribution < 1.29 is 18.3 Å². The second-order valence-corrected chi connectivity index (χ2v) is 4.91. The standard InChI is InChI=1S/C9H11NO4S/c1-6(11)8-5-7(3-4-9(8)12)10-15(2,13)14/h3-5,10,12H,1-2H3. The first kappa shape index (κ1) is 11.5. The molecule has 1 aromatic carbocycles. The van der Waals surface area contributed by atoms with Gasteiger partial charge < -0.3 is 5.11 Å². The Balaban J connectivity index is 3.14. The average molecular weight is 229 g/mol. The van der Waals surface area contributed by atoms with Gasteiger partial charge in [0.25, 0.3) is 0 Å². The summed E-state index contributed by atoms with van der Waals surface area (Å²) in [6.45, 7) is 1.29. The number of nitrogens with one attached hydrogen (secondary N) is 1. The number of Topliss-reactive ketones (excluding diaryl/α,β-unsaturated/α-hetero) is 1. The Morgan fingerprint density at radius 1 is 1.40 bits per heavy atom. The molecular weight excluding hydrogens is 218 g/mol. The zero-order chi connectivity index (χ0) is 11.6. The fraction of sp³-hybridized carbons (Fsp3) is 0.222. The molecule has 0 aliphatic heterocycles. The molecule has 0 unspecified atom stereocenters. The first-order valence-electron chi connectivity index (χ1n) is 4.11. The van der Waals surface area contributed by atoms with Gasteiger partial charge in [-0.3, -0.25) is 9.52 Å². The maximum atomic E-state index is 11.0. The number of anilines is 1. The third-order valence-corrected chi connectivity index (χ3v) is 2.29. The van der Waals surface area contributed by atoms with Gasteiger partial charge in [0, 0.05) is 5.69 Å². The van der Waals surface area contributed by atoms with Crippen molar-refractivity contribution in [1.29, 1.82) is 0 Å². The van der Waals surface area contributed by atoms with Crippen molar-refractivity contribution in [2.45, 2.75) is 6.92 Å². The molecule has 82 valence electrons. The van der Waals surface area contributed by atoms with Crippen LogP contribution in [-0.4, -0.2) is 25.6 Å². The minimum Gasteiger partial charge on any atom is -0.507 e. The Morgan fingerprint density at radius 3 is 2.47 bits per heavy atom. The Morgan fingerprint density at radius 2 is 2.00 bits per heavy atom. The van der Waals surface area contributed by atoms with E-state index in [9.17, 15) is 18.3 Å². The van der Waals surface area contributed by atoms with Gasteiger partial charge in [0.1, 0.15) is 5.75 Å². The van der Waals surface area contributed by atoms with Crippen molar-refractivity contribution in [2.24, 2.45) is 0 Å². The van der Waals surface area contributed by atoms with E-state index in [1.54, 1.807) is 0 Å². The molecule has 0 atom stereocenters. The molecule has 0 saturated heterocycles. The van der Waals surface area contributed by atoms with Gasteiger partial charge in [0.15, 0.2) is 5.78 Å². The van der Waals surface area contributed by atoms with E-state index in [2.05, 4.69) is 4.72 Å². The summed E-state index contributed by atoms with van der Waals surface area (Å²) in [5.41, 5.74) is 0.337. The molecular formula is C9H11NO4S. The van der Waals surface area contributed by atoms with Gasteiger partial charge in [-0.25, -0.2) is 8.42 Å². The normalized spacial score (nSPS) is 11.1. The lowest BCUT2D eigenvalue weighted by Gasteiger charge is -2.06. The molecule has 15 heavy (non-hydrogen) atoms. The van der Waals surface area contributed by atoms with Crippen LogP contribution in [0.5, 0.6) is 5.75 Å². The molecule has 0 amide bonds. The van der Waals surface area contributed by atoms with Gasteiger partial charge in [-0.2, -0.15) is 0 Å². The van der Waals surface area contributed by atoms with Crippen LogP contribution >= 0.6 is 0 Å². The van der Waals surface area contributed by atoms with Crippen molar-refractivity contribution in [3.8, 4) is 5.75 Å². The SMILES string of the molecule is CC(=O)c1cc(NS(C)(=O)=O)ccc1O. The van der Waals surface area contributed by atoms with E-state index < -0.39 is 10.0 Å². The van der Waals surface area contributed by atoms with E-state index >= 15 is 0 Å². The van der Waals surface area contributed by atoms with Gasteiger partial charge in [0.05, 0.1) is 11.8 Å². The predicted molar refractivity (Wildman–Crippen MR) is 56.6 cm³/mol. The van der Waals surface area contributed by atoms with Crippen LogP contribution in [0.25, 0.3) is 0 Å². The number of aromatic hydroxyl groups is 1. The van der Waals surface area contributed by atoms with E-state index in [1.165, 1.54) is 25.1 Å². The molecule has 6 heteroatoms. The number of phenolic OH excluding ortho intramolecular Hbond substituents is 1. The number of carbonyl (C=O) groups excluding carboxylic acids is 1. The molecule has 0 aliphatic rings. The molecule has 0 fully saturated rings. The number of hydrogen-bond acceptors (Lipinski definition) is 4. The smallest absolute Gasteiger partial charge is 0.229 e. The van der Waals surface area contributed by atoms with Crippen molar-refractivity contribution in [2.75, 3.05) is 11.0 Å². The van der Waals surface area contributed by atoms with Crippen LogP contribution in [0.3, 0.4) is 0 Å². The molecule has 1 aromatic rings. The van der Waals surface area contributed by atoms with Crippen LogP contribution < -0.4 is 4.72 Å². The summed E-state index contributed by atoms with van der Waals surface area (Å²) in [5, 5.41) is 9.31. The molecule has 1 rings (SSSR count). The highest BCUT2D eigenvalue weighted by atomic mass is 32.2. The number of hydrogen-bond donors (Lipinski definition) is 2. The number of benzene rings is 1. The summed E-state index contributed by atoms with van der Waals surface area (Å²) in [7, 11) is -3.38. The number of sulfonamides is 1. The highest BCUT2D eigenvalue weighted by Crippen LogP contribution is 2.22. The molecule has 0 bridgehead atoms. The largest absolute Gasteiger partial charge is 0.507 e. The van der Waals surface area contributed by atoms with Crippen LogP contribution in [0.4, 0.5) is 5.69 Å². The first-order chi connectivity index (χ1) is 6.79. The maximum absolute atomic E-state index is 11.0. The fourth-order valence-electron chi connectivity index (χ4n) is 1.10. The molecule has 0 spiro atoms. The summed E-state index contributed by atoms with van der Waals surface area (Å²) in [5.74, 6) is -0.494. The molecule has 0 saturated carbocycles. The van der Waals surface area contributed by atoms with E-state index in [-0.39, 0.29) is 22.8 Å². The Kier molecular flexibility index (Phi) is 2.99. The highest BCUT2D eigenvalue weighted by molar-refractivity contribution is 7.92. The van der Waals surface area contributed by atoms with E-state index in [0.717, 1.165) is 6.26 Å². The highest BCUT2D eigenvalue weighted by Gasteiger charge is 2.09. The van der Waals surface area contributed by atoms with E-state index in [1.807, 2.05) is 0 Å². The second-order valence-electron chi connectivity index (χ2n) is 3.16. The zero-order valence-electron chi connectivity index (χ0n) is 8.31. The van der Waals surface area contributed by atoms with E-state index in [4.69, 9.17) is 0 Å². The Labute approximate surface area is 87.8 Å². The van der Waals surface area contributed by atoms with Crippen molar-refractivity contribution in [1.82, 2.24) is 0 Å². The lowest BCUT2D eigenvalue weighted by molar-refractivity contribution is 0.101. The molecule has 0 aromatic heterocycles. The summed E-state index contributed by atoms with van der Waals surface area (Å²) < 4.78 is 24.0. The van der Waals surface area contributed by atoms with Crippen LogP contribution in [0.1, 0.15) is 17.3 Å². The number of rotatable bonds is 3. The molecule has 0 aliphatic carbocycles. The monoisotopic (exact) mass is 229 g/mol. The summed E-state index contributed by atoms with van der Waals surface area (Å²) in [4.78, 5) is 11.0. The second kappa shape index (κ2) is 3.90. The average Bonchev–Trinajstić information content (AvgIpc) is 2.05. The van der Waals surface area contributed by atoms with Crippen LogP contribution in [0.2, 0.25) is 0 Å². The third-order valence-electron chi connectivity index (χ3n) is 1.68. The van der Waals surface area contributed by atoms with Crippen molar-refractivity contribution in [3.63, 3.8) is 0 Å². The molecule has 5 nitrogen and oxygen atoms in total. The van der Waals surface area contributed by atoms with Gasteiger partial charge in [-0.1, -0.05) is 0 Å². The quantitative estimate of drug-likeness (QED) is 0.597. The van der Waals surface area contributed by atoms with Gasteiger partial charge in [-0.15, -0.1) is 0 Å². The third kappa shape index (κ3) is 3.25. The summed E-state index contributed by atoms with van der Waals surface area (Å²) >= 11 is 0. The molecule has 0 heterocycles. The lowest BCUT2D eigenvalue weighted by Crippen LogP contribution is -2.10. The zero-order valence-corrected chi connectivity index (χ0v) is 9.13. The Bertz CT molecular complexity index is 493. The van der Waals surface area contributed by atoms with Crippen molar-refractivity contribution in [3.05, 3.63) is 23.8 Å². The van der Waals surface area contributed by atoms with Crippen LogP contribution in [-0.2, 0) is 10.0 Å². The van der Waals surface area contributed by atoms with Crippen molar-refractivity contribution >= 4 is 21.5 Å². The summed E-state index contributed by atoms with van der Waals surface area (Å²) in [6, 6.07) is 3.94. The number of carbonyl (C=O) groups is 1. The summed E-state index contributed by atoms with van der Waals surface area (Å²) in [6.07, 6.45) is 1.01. The van der Waals surface area contributed by atoms with Gasteiger partial charge >= 0.3 is 0 Å². The number of phenols is 1. The van der Waals surface area contributed by atoms with Gasteiger partial charge in [0.2, 0.25) is 10.0 Å². The predicted octanol–water partition coefficient (Wildman–Crippen LogP) is 0.966. The van der Waals surface area contributed by atoms with Gasteiger partial charge in [-0.05, 0) is 25.1 Å². The molecule has 2 N–H and O–H groups in total. The van der Waals surface area contributed by atoms with Crippen LogP contribution in [0, 0.1) is 0 Å². The minimum atomic E-state index is -3.38.